The third-order valence-electron chi connectivity index (χ3n) is 4.03. The normalized spacial score (nSPS) is 11.2. The fourth-order valence-electron chi connectivity index (χ4n) is 2.60. The van der Waals surface area contributed by atoms with Gasteiger partial charge in [0.2, 0.25) is 15.9 Å². The number of carbonyl (C=O) groups excluding carboxylic acids is 2. The van der Waals surface area contributed by atoms with Crippen molar-refractivity contribution in [2.24, 2.45) is 0 Å². The molecular weight excluding hydrogens is 398 g/mol. The Balaban J connectivity index is 1.83. The van der Waals surface area contributed by atoms with Crippen molar-refractivity contribution < 1.29 is 18.0 Å². The molecule has 0 aliphatic heterocycles. The van der Waals surface area contributed by atoms with Crippen LogP contribution in [-0.2, 0) is 14.8 Å². The van der Waals surface area contributed by atoms with Gasteiger partial charge in [0.15, 0.2) is 0 Å². The van der Waals surface area contributed by atoms with Crippen LogP contribution in [0.1, 0.15) is 16.6 Å². The van der Waals surface area contributed by atoms with E-state index in [4.69, 9.17) is 0 Å². The van der Waals surface area contributed by atoms with Gasteiger partial charge in [-0.05, 0) is 47.9 Å². The number of sulfonamides is 1. The number of hydrogen-bond donors (Lipinski definition) is 2. The Morgan fingerprint density at radius 1 is 1.00 bits per heavy atom. The minimum absolute atomic E-state index is 0.192. The van der Waals surface area contributed by atoms with Gasteiger partial charge in [0, 0.05) is 30.0 Å². The highest BCUT2D eigenvalue weighted by Crippen LogP contribution is 2.30. The summed E-state index contributed by atoms with van der Waals surface area (Å²) in [5, 5.41) is 6.26. The average Bonchev–Trinajstić information content (AvgIpc) is 3.03. The number of fused-ring (bicyclic) bond motifs is 1. The minimum Gasteiger partial charge on any atom is -0.326 e. The maximum Gasteiger partial charge on any atom is 0.265 e. The second-order valence-corrected chi connectivity index (χ2v) is 9.38. The molecule has 0 spiro atoms. The van der Waals surface area contributed by atoms with Crippen LogP contribution in [0.5, 0.6) is 0 Å². The SMILES string of the molecule is CC(=O)Nc1cccc(NC(=O)c2cc3cc(N(C)S(C)(=O)=O)ccc3s2)c1. The monoisotopic (exact) mass is 417 g/mol. The molecule has 0 atom stereocenters. The molecule has 7 nitrogen and oxygen atoms in total. The van der Waals surface area contributed by atoms with E-state index < -0.39 is 10.0 Å². The summed E-state index contributed by atoms with van der Waals surface area (Å²) in [6.07, 6.45) is 1.14. The number of carbonyl (C=O) groups is 2. The van der Waals surface area contributed by atoms with E-state index in [-0.39, 0.29) is 11.8 Å². The Bertz CT molecular complexity index is 1170. The number of anilines is 3. The van der Waals surface area contributed by atoms with E-state index in [0.717, 1.165) is 16.3 Å². The van der Waals surface area contributed by atoms with Crippen molar-refractivity contribution in [3.05, 3.63) is 53.4 Å². The third-order valence-corrected chi connectivity index (χ3v) is 6.35. The van der Waals surface area contributed by atoms with Crippen molar-refractivity contribution in [3.8, 4) is 0 Å². The van der Waals surface area contributed by atoms with Gasteiger partial charge in [-0.1, -0.05) is 6.07 Å². The van der Waals surface area contributed by atoms with E-state index in [0.29, 0.717) is 21.9 Å². The van der Waals surface area contributed by atoms with Crippen molar-refractivity contribution >= 4 is 60.3 Å². The molecule has 0 radical (unpaired) electrons. The topological polar surface area (TPSA) is 95.6 Å². The zero-order valence-corrected chi connectivity index (χ0v) is 17.1. The number of hydrogen-bond acceptors (Lipinski definition) is 5. The molecule has 2 amide bonds. The number of nitrogens with one attached hydrogen (secondary N) is 2. The van der Waals surface area contributed by atoms with Gasteiger partial charge >= 0.3 is 0 Å². The highest BCUT2D eigenvalue weighted by atomic mass is 32.2. The van der Waals surface area contributed by atoms with Gasteiger partial charge in [0.05, 0.1) is 16.8 Å². The largest absolute Gasteiger partial charge is 0.326 e. The fourth-order valence-corrected chi connectivity index (χ4v) is 4.04. The highest BCUT2D eigenvalue weighted by molar-refractivity contribution is 7.92. The van der Waals surface area contributed by atoms with Crippen LogP contribution in [0.3, 0.4) is 0 Å². The van der Waals surface area contributed by atoms with Crippen LogP contribution < -0.4 is 14.9 Å². The minimum atomic E-state index is -3.36. The molecular formula is C19H19N3O4S2. The van der Waals surface area contributed by atoms with Gasteiger partial charge in [-0.3, -0.25) is 13.9 Å². The van der Waals surface area contributed by atoms with Crippen molar-refractivity contribution in [2.45, 2.75) is 6.92 Å². The molecule has 0 saturated carbocycles. The average molecular weight is 418 g/mol. The molecule has 1 aromatic heterocycles. The zero-order valence-electron chi connectivity index (χ0n) is 15.5. The Morgan fingerprint density at radius 2 is 1.68 bits per heavy atom. The lowest BCUT2D eigenvalue weighted by Crippen LogP contribution is -2.24. The smallest absolute Gasteiger partial charge is 0.265 e. The maximum absolute atomic E-state index is 12.6. The molecule has 0 aliphatic carbocycles. The number of nitrogens with zero attached hydrogens (tertiary/aromatic N) is 1. The van der Waals surface area contributed by atoms with Crippen LogP contribution in [0.15, 0.2) is 48.5 Å². The number of amides is 2. The standard InChI is InChI=1S/C19H19N3O4S2/c1-12(23)20-14-5-4-6-15(11-14)21-19(24)18-10-13-9-16(7-8-17(13)27-18)22(2)28(3,25)26/h4-11H,1-3H3,(H,20,23)(H,21,24). The maximum atomic E-state index is 12.6. The lowest BCUT2D eigenvalue weighted by Gasteiger charge is -2.16. The first-order valence-electron chi connectivity index (χ1n) is 8.30. The molecule has 2 N–H and O–H groups in total. The lowest BCUT2D eigenvalue weighted by atomic mass is 10.2. The molecule has 9 heteroatoms. The van der Waals surface area contributed by atoms with E-state index in [1.165, 1.54) is 29.6 Å². The van der Waals surface area contributed by atoms with Crippen LogP contribution in [0.2, 0.25) is 0 Å². The summed E-state index contributed by atoms with van der Waals surface area (Å²) in [6, 6.07) is 13.8. The molecule has 0 fully saturated rings. The van der Waals surface area contributed by atoms with Crippen molar-refractivity contribution in [2.75, 3.05) is 28.2 Å². The first-order chi connectivity index (χ1) is 13.1. The molecule has 2 aromatic carbocycles. The molecule has 0 unspecified atom stereocenters. The van der Waals surface area contributed by atoms with Gasteiger partial charge in [-0.25, -0.2) is 8.42 Å². The van der Waals surface area contributed by atoms with E-state index >= 15 is 0 Å². The molecule has 0 bridgehead atoms. The van der Waals surface area contributed by atoms with E-state index in [9.17, 15) is 18.0 Å². The number of rotatable bonds is 5. The molecule has 146 valence electrons. The Morgan fingerprint density at radius 3 is 2.32 bits per heavy atom. The second kappa shape index (κ2) is 7.61. The van der Waals surface area contributed by atoms with Gasteiger partial charge in [0.25, 0.3) is 5.91 Å². The number of thiophene rings is 1. The Kier molecular flexibility index (Phi) is 5.39. The lowest BCUT2D eigenvalue weighted by molar-refractivity contribution is -0.114. The molecule has 28 heavy (non-hydrogen) atoms. The first-order valence-corrected chi connectivity index (χ1v) is 11.0. The highest BCUT2D eigenvalue weighted by Gasteiger charge is 2.15. The number of benzene rings is 2. The summed E-state index contributed by atoms with van der Waals surface area (Å²) in [5.74, 6) is -0.470. The summed E-state index contributed by atoms with van der Waals surface area (Å²) in [6.45, 7) is 1.41. The zero-order chi connectivity index (χ0) is 20.5. The van der Waals surface area contributed by atoms with Gasteiger partial charge in [0.1, 0.15) is 0 Å². The molecule has 1 heterocycles. The van der Waals surface area contributed by atoms with Crippen LogP contribution in [-0.4, -0.2) is 33.5 Å². The summed E-state index contributed by atoms with van der Waals surface area (Å²) in [5.41, 5.74) is 1.68. The van der Waals surface area contributed by atoms with Crippen LogP contribution in [0.25, 0.3) is 10.1 Å². The summed E-state index contributed by atoms with van der Waals surface area (Å²) >= 11 is 1.32. The third kappa shape index (κ3) is 4.49. The van der Waals surface area contributed by atoms with Gasteiger partial charge in [-0.2, -0.15) is 0 Å². The second-order valence-electron chi connectivity index (χ2n) is 6.28. The summed E-state index contributed by atoms with van der Waals surface area (Å²) in [4.78, 5) is 24.3. The molecule has 3 rings (SSSR count). The predicted octanol–water partition coefficient (Wildman–Crippen LogP) is 3.51. The van der Waals surface area contributed by atoms with Crippen molar-refractivity contribution in [1.82, 2.24) is 0 Å². The molecule has 0 saturated heterocycles. The molecule has 0 aliphatic rings. The summed E-state index contributed by atoms with van der Waals surface area (Å²) in [7, 11) is -1.88. The van der Waals surface area contributed by atoms with E-state index in [1.54, 1.807) is 48.5 Å². The first kappa shape index (κ1) is 19.8. The van der Waals surface area contributed by atoms with Crippen LogP contribution in [0.4, 0.5) is 17.1 Å². The Hall–Kier alpha value is -2.91. The van der Waals surface area contributed by atoms with Gasteiger partial charge < -0.3 is 10.6 Å². The van der Waals surface area contributed by atoms with E-state index in [1.807, 2.05) is 0 Å². The Labute approximate surface area is 167 Å². The van der Waals surface area contributed by atoms with E-state index in [2.05, 4.69) is 10.6 Å². The van der Waals surface area contributed by atoms with Crippen LogP contribution in [0, 0.1) is 0 Å². The summed E-state index contributed by atoms with van der Waals surface area (Å²) < 4.78 is 25.5. The predicted molar refractivity (Wildman–Crippen MR) is 114 cm³/mol. The van der Waals surface area contributed by atoms with Gasteiger partial charge in [-0.15, -0.1) is 11.3 Å². The fraction of sp³-hybridized carbons (Fsp3) is 0.158. The van der Waals surface area contributed by atoms with Crippen LogP contribution >= 0.6 is 11.3 Å². The quantitative estimate of drug-likeness (QED) is 0.664. The molecule has 3 aromatic rings. The van der Waals surface area contributed by atoms with Crippen molar-refractivity contribution in [1.29, 1.82) is 0 Å². The van der Waals surface area contributed by atoms with Crippen molar-refractivity contribution in [3.63, 3.8) is 0 Å².